The van der Waals surface area contributed by atoms with Crippen molar-refractivity contribution in [2.45, 2.75) is 32.7 Å². The molecule has 1 fully saturated rings. The normalized spacial score (nSPS) is 17.7. The topological polar surface area (TPSA) is 72.5 Å². The summed E-state index contributed by atoms with van der Waals surface area (Å²) in [5, 5.41) is 2.51. The number of Topliss-reactive ketones (excluding diaryl/α,β-unsaturated/α-hetero) is 1. The lowest BCUT2D eigenvalue weighted by molar-refractivity contribution is -0.145. The monoisotopic (exact) mass is 275 g/mol. The molecule has 1 amide bonds. The largest absolute Gasteiger partial charge is 0.456 e. The third kappa shape index (κ3) is 3.23. The van der Waals surface area contributed by atoms with E-state index in [1.54, 1.807) is 12.1 Å². The summed E-state index contributed by atoms with van der Waals surface area (Å²) in [5.74, 6) is -0.953. The lowest BCUT2D eigenvalue weighted by atomic mass is 10.0. The van der Waals surface area contributed by atoms with Crippen molar-refractivity contribution in [3.8, 4) is 0 Å². The number of benzene rings is 1. The summed E-state index contributed by atoms with van der Waals surface area (Å²) >= 11 is 0. The quantitative estimate of drug-likeness (QED) is 0.664. The Morgan fingerprint density at radius 1 is 1.30 bits per heavy atom. The number of esters is 1. The third-order valence-corrected chi connectivity index (χ3v) is 3.45. The molecule has 20 heavy (non-hydrogen) atoms. The maximum atomic E-state index is 11.9. The molecular weight excluding hydrogens is 258 g/mol. The summed E-state index contributed by atoms with van der Waals surface area (Å²) in [6, 6.07) is 4.75. The SMILES string of the molecule is Cc1ccc(C(=O)COC(=O)C2CCC(=O)N2)cc1C. The Morgan fingerprint density at radius 3 is 2.65 bits per heavy atom. The Labute approximate surface area is 117 Å². The molecule has 106 valence electrons. The molecule has 1 heterocycles. The Kier molecular flexibility index (Phi) is 4.17. The minimum Gasteiger partial charge on any atom is -0.456 e. The maximum absolute atomic E-state index is 11.9. The molecular formula is C15H17NO4. The van der Waals surface area contributed by atoms with Gasteiger partial charge >= 0.3 is 5.97 Å². The Hall–Kier alpha value is -2.17. The van der Waals surface area contributed by atoms with Gasteiger partial charge in [0.05, 0.1) is 0 Å². The number of ketones is 1. The summed E-state index contributed by atoms with van der Waals surface area (Å²) < 4.78 is 4.96. The van der Waals surface area contributed by atoms with E-state index < -0.39 is 12.0 Å². The zero-order valence-corrected chi connectivity index (χ0v) is 11.6. The number of aryl methyl sites for hydroxylation is 2. The van der Waals surface area contributed by atoms with Gasteiger partial charge < -0.3 is 10.1 Å². The molecule has 1 aliphatic rings. The Balaban J connectivity index is 1.90. The Bertz CT molecular complexity index is 565. The van der Waals surface area contributed by atoms with Crippen molar-refractivity contribution < 1.29 is 19.1 Å². The highest BCUT2D eigenvalue weighted by Gasteiger charge is 2.28. The van der Waals surface area contributed by atoms with Crippen molar-refractivity contribution >= 4 is 17.7 Å². The van der Waals surface area contributed by atoms with Gasteiger partial charge in [0.15, 0.2) is 12.4 Å². The van der Waals surface area contributed by atoms with Crippen LogP contribution < -0.4 is 5.32 Å². The van der Waals surface area contributed by atoms with Crippen molar-refractivity contribution in [1.29, 1.82) is 0 Å². The average molecular weight is 275 g/mol. The Morgan fingerprint density at radius 2 is 2.05 bits per heavy atom. The third-order valence-electron chi connectivity index (χ3n) is 3.45. The van der Waals surface area contributed by atoms with Crippen molar-refractivity contribution in [3.63, 3.8) is 0 Å². The van der Waals surface area contributed by atoms with Gasteiger partial charge in [0.2, 0.25) is 5.91 Å². The van der Waals surface area contributed by atoms with Crippen LogP contribution in [0.5, 0.6) is 0 Å². The van der Waals surface area contributed by atoms with Crippen molar-refractivity contribution in [3.05, 3.63) is 34.9 Å². The van der Waals surface area contributed by atoms with Crippen LogP contribution in [0.1, 0.15) is 34.3 Å². The molecule has 1 N–H and O–H groups in total. The lowest BCUT2D eigenvalue weighted by Crippen LogP contribution is -2.35. The highest BCUT2D eigenvalue weighted by atomic mass is 16.5. The fourth-order valence-electron chi connectivity index (χ4n) is 2.03. The smallest absolute Gasteiger partial charge is 0.329 e. The van der Waals surface area contributed by atoms with E-state index in [4.69, 9.17) is 4.74 Å². The number of hydrogen-bond acceptors (Lipinski definition) is 4. The number of rotatable bonds is 4. The summed E-state index contributed by atoms with van der Waals surface area (Å²) in [7, 11) is 0. The van der Waals surface area contributed by atoms with Gasteiger partial charge in [-0.05, 0) is 37.5 Å². The highest BCUT2D eigenvalue weighted by molar-refractivity contribution is 5.98. The number of hydrogen-bond donors (Lipinski definition) is 1. The van der Waals surface area contributed by atoms with Gasteiger partial charge in [-0.3, -0.25) is 9.59 Å². The van der Waals surface area contributed by atoms with E-state index >= 15 is 0 Å². The van der Waals surface area contributed by atoms with E-state index in [2.05, 4.69) is 5.32 Å². The van der Waals surface area contributed by atoms with E-state index in [0.717, 1.165) is 11.1 Å². The molecule has 0 aliphatic carbocycles. The zero-order valence-electron chi connectivity index (χ0n) is 11.6. The molecule has 5 nitrogen and oxygen atoms in total. The standard InChI is InChI=1S/C15H17NO4/c1-9-3-4-11(7-10(9)2)13(17)8-20-15(19)12-5-6-14(18)16-12/h3-4,7,12H,5-6,8H2,1-2H3,(H,16,18). The summed E-state index contributed by atoms with van der Waals surface area (Å²) in [6.45, 7) is 3.59. The molecule has 1 aromatic carbocycles. The fraction of sp³-hybridized carbons (Fsp3) is 0.400. The number of nitrogens with one attached hydrogen (secondary N) is 1. The van der Waals surface area contributed by atoms with Crippen LogP contribution in [-0.4, -0.2) is 30.3 Å². The van der Waals surface area contributed by atoms with Crippen LogP contribution >= 0.6 is 0 Å². The molecule has 0 radical (unpaired) electrons. The number of carbonyl (C=O) groups is 3. The second kappa shape index (κ2) is 5.86. The first-order valence-electron chi connectivity index (χ1n) is 6.54. The van der Waals surface area contributed by atoms with E-state index in [0.29, 0.717) is 18.4 Å². The van der Waals surface area contributed by atoms with Crippen molar-refractivity contribution in [2.75, 3.05) is 6.61 Å². The van der Waals surface area contributed by atoms with Gasteiger partial charge in [-0.15, -0.1) is 0 Å². The van der Waals surface area contributed by atoms with Crippen molar-refractivity contribution in [2.24, 2.45) is 0 Å². The number of ether oxygens (including phenoxy) is 1. The highest BCUT2D eigenvalue weighted by Crippen LogP contribution is 2.12. The van der Waals surface area contributed by atoms with Crippen molar-refractivity contribution in [1.82, 2.24) is 5.32 Å². The molecule has 1 unspecified atom stereocenters. The predicted molar refractivity (Wildman–Crippen MR) is 72.4 cm³/mol. The van der Waals surface area contributed by atoms with Gasteiger partial charge in [-0.25, -0.2) is 4.79 Å². The molecule has 1 saturated heterocycles. The van der Waals surface area contributed by atoms with Gasteiger partial charge in [0.25, 0.3) is 0 Å². The first-order chi connectivity index (χ1) is 9.47. The van der Waals surface area contributed by atoms with E-state index in [1.807, 2.05) is 19.9 Å². The molecule has 0 saturated carbocycles. The molecule has 0 bridgehead atoms. The van der Waals surface area contributed by atoms with Crippen LogP contribution in [0.3, 0.4) is 0 Å². The van der Waals surface area contributed by atoms with Crippen LogP contribution in [0.2, 0.25) is 0 Å². The first-order valence-corrected chi connectivity index (χ1v) is 6.54. The molecule has 0 spiro atoms. The van der Waals surface area contributed by atoms with Crippen LogP contribution in [-0.2, 0) is 14.3 Å². The second-order valence-electron chi connectivity index (χ2n) is 4.99. The maximum Gasteiger partial charge on any atom is 0.329 e. The number of carbonyl (C=O) groups excluding carboxylic acids is 3. The second-order valence-corrected chi connectivity index (χ2v) is 4.99. The van der Waals surface area contributed by atoms with Crippen LogP contribution in [0.15, 0.2) is 18.2 Å². The first kappa shape index (κ1) is 14.2. The predicted octanol–water partition coefficient (Wildman–Crippen LogP) is 1.31. The van der Waals surface area contributed by atoms with Gasteiger partial charge in [0.1, 0.15) is 6.04 Å². The molecule has 1 aromatic rings. The number of amides is 1. The fourth-order valence-corrected chi connectivity index (χ4v) is 2.03. The molecule has 2 rings (SSSR count). The minimum absolute atomic E-state index is 0.160. The summed E-state index contributed by atoms with van der Waals surface area (Å²) in [4.78, 5) is 34.6. The van der Waals surface area contributed by atoms with Crippen LogP contribution in [0.25, 0.3) is 0 Å². The zero-order chi connectivity index (χ0) is 14.7. The minimum atomic E-state index is -0.616. The van der Waals surface area contributed by atoms with Gasteiger partial charge in [0, 0.05) is 12.0 Å². The molecule has 1 atom stereocenters. The van der Waals surface area contributed by atoms with Crippen LogP contribution in [0, 0.1) is 13.8 Å². The summed E-state index contributed by atoms with van der Waals surface area (Å²) in [5.41, 5.74) is 2.65. The van der Waals surface area contributed by atoms with Gasteiger partial charge in [-0.2, -0.15) is 0 Å². The van der Waals surface area contributed by atoms with E-state index in [1.165, 1.54) is 0 Å². The van der Waals surface area contributed by atoms with Crippen LogP contribution in [0.4, 0.5) is 0 Å². The molecule has 0 aromatic heterocycles. The lowest BCUT2D eigenvalue weighted by Gasteiger charge is -2.10. The average Bonchev–Trinajstić information content (AvgIpc) is 2.85. The molecule has 1 aliphatic heterocycles. The van der Waals surface area contributed by atoms with E-state index in [9.17, 15) is 14.4 Å². The summed E-state index contributed by atoms with van der Waals surface area (Å²) in [6.07, 6.45) is 0.750. The molecule has 5 heteroatoms. The van der Waals surface area contributed by atoms with E-state index in [-0.39, 0.29) is 18.3 Å². The van der Waals surface area contributed by atoms with Gasteiger partial charge in [-0.1, -0.05) is 12.1 Å².